The highest BCUT2D eigenvalue weighted by Crippen LogP contribution is 2.34. The Balaban J connectivity index is 1.78. The van der Waals surface area contributed by atoms with Gasteiger partial charge in [-0.3, -0.25) is 0 Å². The molecule has 3 rings (SSSR count). The molecule has 0 aromatic heterocycles. The molecule has 1 N–H and O–H groups in total. The van der Waals surface area contributed by atoms with Gasteiger partial charge < -0.3 is 19.7 Å². The van der Waals surface area contributed by atoms with Crippen molar-refractivity contribution in [2.45, 2.75) is 19.9 Å². The molecule has 104 valence electrons. The molecule has 0 bridgehead atoms. The normalized spacial score (nSPS) is 22.7. The van der Waals surface area contributed by atoms with Gasteiger partial charge in [-0.2, -0.15) is 0 Å². The summed E-state index contributed by atoms with van der Waals surface area (Å²) in [6.07, 6.45) is 0. The Morgan fingerprint density at radius 2 is 2.00 bits per heavy atom. The molecule has 2 heterocycles. The summed E-state index contributed by atoms with van der Waals surface area (Å²) in [7, 11) is 0. The zero-order chi connectivity index (χ0) is 13.2. The van der Waals surface area contributed by atoms with Crippen molar-refractivity contribution in [3.05, 3.63) is 18.2 Å². The van der Waals surface area contributed by atoms with E-state index in [9.17, 15) is 0 Å². The van der Waals surface area contributed by atoms with Crippen LogP contribution in [0.3, 0.4) is 0 Å². The minimum atomic E-state index is 0.557. The highest BCUT2D eigenvalue weighted by Gasteiger charge is 2.23. The summed E-state index contributed by atoms with van der Waals surface area (Å²) < 4.78 is 11.2. The second kappa shape index (κ2) is 5.29. The number of nitrogens with zero attached hydrogens (tertiary/aromatic N) is 1. The van der Waals surface area contributed by atoms with Crippen molar-refractivity contribution in [1.29, 1.82) is 0 Å². The summed E-state index contributed by atoms with van der Waals surface area (Å²) >= 11 is 0. The zero-order valence-corrected chi connectivity index (χ0v) is 11.7. The van der Waals surface area contributed by atoms with Crippen molar-refractivity contribution < 1.29 is 9.47 Å². The molecular formula is C15H22N2O2. The van der Waals surface area contributed by atoms with E-state index in [1.54, 1.807) is 0 Å². The van der Waals surface area contributed by atoms with Gasteiger partial charge in [0.25, 0.3) is 0 Å². The van der Waals surface area contributed by atoms with Gasteiger partial charge in [-0.25, -0.2) is 0 Å². The van der Waals surface area contributed by atoms with Crippen LogP contribution in [-0.2, 0) is 0 Å². The average molecular weight is 262 g/mol. The number of piperazine rings is 1. The van der Waals surface area contributed by atoms with Crippen molar-refractivity contribution in [3.63, 3.8) is 0 Å². The van der Waals surface area contributed by atoms with Gasteiger partial charge in [0, 0.05) is 37.4 Å². The molecule has 19 heavy (non-hydrogen) atoms. The predicted octanol–water partition coefficient (Wildman–Crippen LogP) is 1.89. The fraction of sp³-hybridized carbons (Fsp3) is 0.600. The van der Waals surface area contributed by atoms with Gasteiger partial charge in [-0.15, -0.1) is 0 Å². The third-order valence-electron chi connectivity index (χ3n) is 3.90. The van der Waals surface area contributed by atoms with Crippen LogP contribution >= 0.6 is 0 Å². The summed E-state index contributed by atoms with van der Waals surface area (Å²) in [4.78, 5) is 2.43. The maximum atomic E-state index is 5.66. The second-order valence-corrected chi connectivity index (χ2v) is 5.58. The molecule has 0 spiro atoms. The third-order valence-corrected chi connectivity index (χ3v) is 3.90. The van der Waals surface area contributed by atoms with E-state index in [0.29, 0.717) is 25.2 Å². The molecule has 0 radical (unpaired) electrons. The largest absolute Gasteiger partial charge is 0.486 e. The number of fused-ring (bicyclic) bond motifs is 1. The van der Waals surface area contributed by atoms with Crippen molar-refractivity contribution in [2.24, 2.45) is 5.92 Å². The lowest BCUT2D eigenvalue weighted by Crippen LogP contribution is -2.53. The summed E-state index contributed by atoms with van der Waals surface area (Å²) in [5.41, 5.74) is 1.23. The zero-order valence-electron chi connectivity index (χ0n) is 11.7. The molecule has 0 aliphatic carbocycles. The molecule has 1 fully saturated rings. The predicted molar refractivity (Wildman–Crippen MR) is 76.3 cm³/mol. The monoisotopic (exact) mass is 262 g/mol. The molecular weight excluding hydrogens is 240 g/mol. The standard InChI is InChI=1S/C15H22N2O2/c1-11(2)13-10-17(6-5-16-13)12-3-4-14-15(9-12)19-8-7-18-14/h3-4,9,11,13,16H,5-8,10H2,1-2H3. The van der Waals surface area contributed by atoms with Crippen LogP contribution < -0.4 is 19.7 Å². The third kappa shape index (κ3) is 2.63. The molecule has 1 saturated heterocycles. The van der Waals surface area contributed by atoms with Gasteiger partial charge in [0.2, 0.25) is 0 Å². The van der Waals surface area contributed by atoms with Crippen molar-refractivity contribution >= 4 is 5.69 Å². The maximum absolute atomic E-state index is 5.66. The summed E-state index contributed by atoms with van der Waals surface area (Å²) in [6, 6.07) is 6.82. The number of hydrogen-bond acceptors (Lipinski definition) is 4. The van der Waals surface area contributed by atoms with E-state index in [0.717, 1.165) is 31.1 Å². The number of anilines is 1. The Bertz CT molecular complexity index is 448. The SMILES string of the molecule is CC(C)C1CN(c2ccc3c(c2)OCCO3)CCN1. The molecule has 2 aliphatic rings. The van der Waals surface area contributed by atoms with E-state index in [1.165, 1.54) is 5.69 Å². The minimum Gasteiger partial charge on any atom is -0.486 e. The number of hydrogen-bond donors (Lipinski definition) is 1. The summed E-state index contributed by atoms with van der Waals surface area (Å²) in [6.45, 7) is 8.97. The Labute approximate surface area is 114 Å². The first kappa shape index (κ1) is 12.6. The van der Waals surface area contributed by atoms with Gasteiger partial charge in [0.15, 0.2) is 11.5 Å². The van der Waals surface area contributed by atoms with Crippen molar-refractivity contribution in [2.75, 3.05) is 37.7 Å². The lowest BCUT2D eigenvalue weighted by atomic mass is 10.0. The molecule has 0 amide bonds. The Kier molecular flexibility index (Phi) is 3.51. The highest BCUT2D eigenvalue weighted by atomic mass is 16.6. The van der Waals surface area contributed by atoms with Crippen molar-refractivity contribution in [1.82, 2.24) is 5.32 Å². The van der Waals surface area contributed by atoms with Gasteiger partial charge >= 0.3 is 0 Å². The lowest BCUT2D eigenvalue weighted by molar-refractivity contribution is 0.171. The Morgan fingerprint density at radius 1 is 1.21 bits per heavy atom. The molecule has 0 saturated carbocycles. The molecule has 1 atom stereocenters. The first-order chi connectivity index (χ1) is 9.24. The molecule has 4 nitrogen and oxygen atoms in total. The molecule has 1 aromatic rings. The number of benzene rings is 1. The average Bonchev–Trinajstić information content (AvgIpc) is 2.47. The van der Waals surface area contributed by atoms with E-state index in [2.05, 4.69) is 36.2 Å². The molecule has 1 unspecified atom stereocenters. The van der Waals surface area contributed by atoms with Crippen LogP contribution in [0.1, 0.15) is 13.8 Å². The Morgan fingerprint density at radius 3 is 2.79 bits per heavy atom. The van der Waals surface area contributed by atoms with Gasteiger partial charge in [-0.05, 0) is 18.1 Å². The van der Waals surface area contributed by atoms with Crippen LogP contribution in [0.4, 0.5) is 5.69 Å². The van der Waals surface area contributed by atoms with Crippen LogP contribution in [0, 0.1) is 5.92 Å². The molecule has 4 heteroatoms. The van der Waals surface area contributed by atoms with Crippen LogP contribution in [0.25, 0.3) is 0 Å². The number of rotatable bonds is 2. The maximum Gasteiger partial charge on any atom is 0.163 e. The Hall–Kier alpha value is -1.42. The van der Waals surface area contributed by atoms with Crippen LogP contribution in [0.2, 0.25) is 0 Å². The first-order valence-corrected chi connectivity index (χ1v) is 7.12. The summed E-state index contributed by atoms with van der Waals surface area (Å²) in [5, 5.41) is 3.58. The van der Waals surface area contributed by atoms with E-state index >= 15 is 0 Å². The smallest absolute Gasteiger partial charge is 0.163 e. The fourth-order valence-corrected chi connectivity index (χ4v) is 2.69. The second-order valence-electron chi connectivity index (χ2n) is 5.58. The van der Waals surface area contributed by atoms with Crippen LogP contribution in [0.15, 0.2) is 18.2 Å². The molecule has 2 aliphatic heterocycles. The quantitative estimate of drug-likeness (QED) is 0.882. The first-order valence-electron chi connectivity index (χ1n) is 7.12. The van der Waals surface area contributed by atoms with E-state index < -0.39 is 0 Å². The van der Waals surface area contributed by atoms with E-state index in [4.69, 9.17) is 9.47 Å². The lowest BCUT2D eigenvalue weighted by Gasteiger charge is -2.37. The van der Waals surface area contributed by atoms with Gasteiger partial charge in [0.05, 0.1) is 0 Å². The topological polar surface area (TPSA) is 33.7 Å². The summed E-state index contributed by atoms with van der Waals surface area (Å²) in [5.74, 6) is 2.40. The van der Waals surface area contributed by atoms with E-state index in [-0.39, 0.29) is 0 Å². The number of ether oxygens (including phenoxy) is 2. The fourth-order valence-electron chi connectivity index (χ4n) is 2.69. The van der Waals surface area contributed by atoms with Crippen molar-refractivity contribution in [3.8, 4) is 11.5 Å². The van der Waals surface area contributed by atoms with Crippen LogP contribution in [0.5, 0.6) is 11.5 Å². The number of nitrogens with one attached hydrogen (secondary N) is 1. The van der Waals surface area contributed by atoms with E-state index in [1.807, 2.05) is 6.07 Å². The van der Waals surface area contributed by atoms with Gasteiger partial charge in [-0.1, -0.05) is 13.8 Å². The highest BCUT2D eigenvalue weighted by molar-refractivity contribution is 5.57. The van der Waals surface area contributed by atoms with Crippen LogP contribution in [-0.4, -0.2) is 38.9 Å². The molecule has 1 aromatic carbocycles. The minimum absolute atomic E-state index is 0.557. The van der Waals surface area contributed by atoms with Gasteiger partial charge in [0.1, 0.15) is 13.2 Å².